The predicted octanol–water partition coefficient (Wildman–Crippen LogP) is 3.35. The van der Waals surface area contributed by atoms with Crippen LogP contribution in [0.3, 0.4) is 0 Å². The van der Waals surface area contributed by atoms with Crippen LogP contribution >= 0.6 is 0 Å². The van der Waals surface area contributed by atoms with Crippen LogP contribution in [-0.2, 0) is 4.79 Å². The molecule has 0 saturated carbocycles. The van der Waals surface area contributed by atoms with Crippen molar-refractivity contribution in [3.05, 3.63) is 77.2 Å². The number of fused-ring (bicyclic) bond motifs is 1. The van der Waals surface area contributed by atoms with Gasteiger partial charge in [-0.05, 0) is 49.0 Å². The number of nitrogens with zero attached hydrogens (tertiary/aromatic N) is 3. The molecule has 0 aromatic heterocycles. The van der Waals surface area contributed by atoms with Crippen LogP contribution in [0.2, 0.25) is 0 Å². The molecule has 1 fully saturated rings. The van der Waals surface area contributed by atoms with Crippen LogP contribution < -0.4 is 16.0 Å². The van der Waals surface area contributed by atoms with Gasteiger partial charge in [-0.2, -0.15) is 18.3 Å². The maximum Gasteiger partial charge on any atom is 0.405 e. The lowest BCUT2D eigenvalue weighted by molar-refractivity contribution is -0.134. The van der Waals surface area contributed by atoms with Gasteiger partial charge in [0.25, 0.3) is 0 Å². The molecule has 1 aliphatic carbocycles. The molecular formula is C29H33F3N6O3. The van der Waals surface area contributed by atoms with Crippen LogP contribution in [0.4, 0.5) is 18.0 Å². The van der Waals surface area contributed by atoms with Crippen LogP contribution in [0.1, 0.15) is 43.2 Å². The van der Waals surface area contributed by atoms with E-state index in [9.17, 15) is 27.9 Å². The fourth-order valence-electron chi connectivity index (χ4n) is 5.45. The highest BCUT2D eigenvalue weighted by Crippen LogP contribution is 2.31. The Morgan fingerprint density at radius 3 is 2.71 bits per heavy atom. The summed E-state index contributed by atoms with van der Waals surface area (Å²) in [6.45, 7) is 1.16. The molecule has 12 heteroatoms. The van der Waals surface area contributed by atoms with E-state index in [1.807, 2.05) is 60.9 Å². The molecule has 3 heterocycles. The average molecular weight is 571 g/mol. The summed E-state index contributed by atoms with van der Waals surface area (Å²) in [5.41, 5.74) is 4.32. The Morgan fingerprint density at radius 2 is 1.98 bits per heavy atom. The first kappa shape index (κ1) is 28.5. The topological polar surface area (TPSA) is 109 Å². The molecular weight excluding hydrogens is 537 g/mol. The second kappa shape index (κ2) is 11.8. The molecule has 5 rings (SSSR count). The number of hydrazone groups is 1. The Morgan fingerprint density at radius 1 is 1.20 bits per heavy atom. The number of amides is 3. The standard InChI is InChI=1S/C29H33F3N6O3/c1-18(27(40)37-11-3-6-24(37)16-39)19-7-9-20(10-8-19)22-13-26-33-15-25(38(26)35-14-22)21-4-2-5-23(12-21)36-28(41)34-17-29(30,31)32/h2,4,7-10,12-15,18,23-24,26,33,39H,3,5-6,11,16-17H2,1H3,(H2,34,36,41)/t18?,23?,24-,26?/m0/s1. The second-order valence-corrected chi connectivity index (χ2v) is 10.5. The van der Waals surface area contributed by atoms with Crippen molar-refractivity contribution in [1.82, 2.24) is 25.9 Å². The van der Waals surface area contributed by atoms with Gasteiger partial charge in [0.05, 0.1) is 36.5 Å². The van der Waals surface area contributed by atoms with Gasteiger partial charge in [-0.3, -0.25) is 4.79 Å². The van der Waals surface area contributed by atoms with E-state index in [-0.39, 0.29) is 30.6 Å². The first-order valence-corrected chi connectivity index (χ1v) is 13.7. The number of allylic oxidation sites excluding steroid dienone is 2. The van der Waals surface area contributed by atoms with Crippen LogP contribution in [-0.4, -0.2) is 77.3 Å². The third kappa shape index (κ3) is 6.48. The van der Waals surface area contributed by atoms with Crippen molar-refractivity contribution < 1.29 is 27.9 Å². The van der Waals surface area contributed by atoms with Gasteiger partial charge in [-0.15, -0.1) is 0 Å². The molecule has 0 bridgehead atoms. The number of nitrogens with one attached hydrogen (secondary N) is 3. The molecule has 4 atom stereocenters. The Balaban J connectivity index is 1.20. The van der Waals surface area contributed by atoms with Crippen molar-refractivity contribution in [2.75, 3.05) is 19.7 Å². The van der Waals surface area contributed by atoms with E-state index in [2.05, 4.69) is 15.7 Å². The molecule has 41 heavy (non-hydrogen) atoms. The highest BCUT2D eigenvalue weighted by Gasteiger charge is 2.32. The minimum Gasteiger partial charge on any atom is -0.394 e. The number of alkyl halides is 3. The summed E-state index contributed by atoms with van der Waals surface area (Å²) in [4.78, 5) is 26.7. The Hall–Kier alpha value is -4.06. The Kier molecular flexibility index (Phi) is 8.20. The molecule has 218 valence electrons. The molecule has 3 aliphatic heterocycles. The van der Waals surface area contributed by atoms with Crippen molar-refractivity contribution >= 4 is 23.7 Å². The monoisotopic (exact) mass is 570 g/mol. The number of urea groups is 1. The summed E-state index contributed by atoms with van der Waals surface area (Å²) in [6.07, 6.45) is 8.63. The molecule has 4 N–H and O–H groups in total. The lowest BCUT2D eigenvalue weighted by Gasteiger charge is -2.28. The fraction of sp³-hybridized carbons (Fsp3) is 0.414. The van der Waals surface area contributed by atoms with Crippen LogP contribution in [0, 0.1) is 0 Å². The average Bonchev–Trinajstić information content (AvgIpc) is 3.62. The maximum absolute atomic E-state index is 13.0. The van der Waals surface area contributed by atoms with Gasteiger partial charge < -0.3 is 26.0 Å². The maximum atomic E-state index is 13.0. The highest BCUT2D eigenvalue weighted by molar-refractivity contribution is 6.10. The molecule has 1 saturated heterocycles. The second-order valence-electron chi connectivity index (χ2n) is 10.5. The van der Waals surface area contributed by atoms with Crippen molar-refractivity contribution in [1.29, 1.82) is 0 Å². The number of halogens is 3. The van der Waals surface area contributed by atoms with E-state index in [1.165, 1.54) is 0 Å². The third-order valence-electron chi connectivity index (χ3n) is 7.67. The van der Waals surface area contributed by atoms with E-state index in [1.54, 1.807) is 22.2 Å². The molecule has 9 nitrogen and oxygen atoms in total. The Labute approximate surface area is 236 Å². The number of hydrogen-bond donors (Lipinski definition) is 4. The number of aliphatic hydroxyl groups is 1. The van der Waals surface area contributed by atoms with Crippen LogP contribution in [0.25, 0.3) is 5.57 Å². The van der Waals surface area contributed by atoms with E-state index in [0.717, 1.165) is 40.8 Å². The lowest BCUT2D eigenvalue weighted by atomic mass is 9.96. The van der Waals surface area contributed by atoms with Gasteiger partial charge in [-0.25, -0.2) is 9.80 Å². The molecule has 1 aromatic rings. The van der Waals surface area contributed by atoms with Gasteiger partial charge in [0.15, 0.2) is 0 Å². The predicted molar refractivity (Wildman–Crippen MR) is 148 cm³/mol. The molecule has 0 radical (unpaired) electrons. The first-order valence-electron chi connectivity index (χ1n) is 13.7. The number of hydrogen-bond acceptors (Lipinski definition) is 6. The largest absolute Gasteiger partial charge is 0.405 e. The summed E-state index contributed by atoms with van der Waals surface area (Å²) in [6, 6.07) is 6.39. The SMILES string of the molecule is CC(C(=O)N1CCC[C@H]1CO)c1ccc(C2=CC3NC=C(C4=CC(NC(=O)NCC(F)(F)F)CC=C4)N3N=C2)cc1. The normalized spacial score (nSPS) is 24.2. The zero-order valence-corrected chi connectivity index (χ0v) is 22.6. The van der Waals surface area contributed by atoms with E-state index in [0.29, 0.717) is 13.0 Å². The van der Waals surface area contributed by atoms with Gasteiger partial charge in [-0.1, -0.05) is 42.5 Å². The minimum absolute atomic E-state index is 0.0127. The quantitative estimate of drug-likeness (QED) is 0.402. The van der Waals surface area contributed by atoms with Crippen molar-refractivity contribution in [3.8, 4) is 0 Å². The summed E-state index contributed by atoms with van der Waals surface area (Å²) in [7, 11) is 0. The highest BCUT2D eigenvalue weighted by atomic mass is 19.4. The molecule has 4 aliphatic rings. The number of benzene rings is 1. The van der Waals surface area contributed by atoms with E-state index >= 15 is 0 Å². The van der Waals surface area contributed by atoms with Gasteiger partial charge in [0, 0.05) is 18.3 Å². The van der Waals surface area contributed by atoms with Crippen LogP contribution in [0.15, 0.2) is 71.1 Å². The summed E-state index contributed by atoms with van der Waals surface area (Å²) < 4.78 is 37.2. The number of aliphatic hydroxyl groups excluding tert-OH is 1. The van der Waals surface area contributed by atoms with E-state index < -0.39 is 24.8 Å². The molecule has 1 aromatic carbocycles. The summed E-state index contributed by atoms with van der Waals surface area (Å²) in [5, 5.41) is 23.7. The summed E-state index contributed by atoms with van der Waals surface area (Å²) >= 11 is 0. The first-order chi connectivity index (χ1) is 19.6. The number of rotatable bonds is 7. The van der Waals surface area contributed by atoms with Gasteiger partial charge >= 0.3 is 12.2 Å². The zero-order chi connectivity index (χ0) is 29.1. The lowest BCUT2D eigenvalue weighted by Crippen LogP contribution is -2.45. The smallest absolute Gasteiger partial charge is 0.394 e. The van der Waals surface area contributed by atoms with Crippen LogP contribution in [0.5, 0.6) is 0 Å². The van der Waals surface area contributed by atoms with Crippen molar-refractivity contribution in [3.63, 3.8) is 0 Å². The van der Waals surface area contributed by atoms with Gasteiger partial charge in [0.2, 0.25) is 5.91 Å². The van der Waals surface area contributed by atoms with Gasteiger partial charge in [0.1, 0.15) is 12.7 Å². The molecule has 3 unspecified atom stereocenters. The Bertz CT molecular complexity index is 1320. The number of likely N-dealkylation sites (tertiary alicyclic amines) is 1. The summed E-state index contributed by atoms with van der Waals surface area (Å²) in [5.74, 6) is -0.280. The molecule has 3 amide bonds. The molecule has 0 spiro atoms. The van der Waals surface area contributed by atoms with E-state index in [4.69, 9.17) is 0 Å². The third-order valence-corrected chi connectivity index (χ3v) is 7.67. The minimum atomic E-state index is -4.48. The van der Waals surface area contributed by atoms with Crippen molar-refractivity contribution in [2.45, 2.75) is 56.5 Å². The van der Waals surface area contributed by atoms with Crippen molar-refractivity contribution in [2.24, 2.45) is 5.10 Å². The zero-order valence-electron chi connectivity index (χ0n) is 22.6. The number of carbonyl (C=O) groups is 2. The number of carbonyl (C=O) groups excluding carboxylic acids is 2. The fourth-order valence-corrected chi connectivity index (χ4v) is 5.45.